The zero-order valence-electron chi connectivity index (χ0n) is 12.3. The third kappa shape index (κ3) is 2.96. The molecule has 3 unspecified atom stereocenters. The van der Waals surface area contributed by atoms with Gasteiger partial charge in [0, 0.05) is 11.7 Å². The van der Waals surface area contributed by atoms with Gasteiger partial charge in [0.05, 0.1) is 10.2 Å². The zero-order valence-corrected chi connectivity index (χ0v) is 14.0. The van der Waals surface area contributed by atoms with Crippen molar-refractivity contribution in [3.05, 3.63) is 18.2 Å². The molecule has 1 aliphatic carbocycles. The highest BCUT2D eigenvalue weighted by Gasteiger charge is 2.25. The number of nitrogens with zero attached hydrogens (tertiary/aromatic N) is 1. The molecule has 2 aromatic rings. The Bertz CT molecular complexity index is 593. The minimum Gasteiger partial charge on any atom is -0.382 e. The second-order valence-electron chi connectivity index (χ2n) is 6.01. The minimum absolute atomic E-state index is 0.615. The first-order chi connectivity index (χ1) is 9.65. The molecule has 1 aromatic heterocycles. The van der Waals surface area contributed by atoms with Crippen LogP contribution in [0.15, 0.2) is 22.5 Å². The molecule has 0 bridgehead atoms. The highest BCUT2D eigenvalue weighted by atomic mass is 32.2. The number of rotatable bonds is 3. The molecule has 1 N–H and O–H groups in total. The Kier molecular flexibility index (Phi) is 4.22. The molecular formula is C16H22N2S2. The van der Waals surface area contributed by atoms with Gasteiger partial charge in [0.15, 0.2) is 4.34 Å². The standard InChI is InChI=1S/C16H22N2S2/c1-10-4-5-11(2)14(8-10)17-12-6-7-13-15(9-12)20-16(18-13)19-3/h6-7,9-11,14,17H,4-5,8H2,1-3H3. The van der Waals surface area contributed by atoms with Crippen molar-refractivity contribution in [1.29, 1.82) is 0 Å². The van der Waals surface area contributed by atoms with Crippen molar-refractivity contribution in [3.8, 4) is 0 Å². The topological polar surface area (TPSA) is 24.9 Å². The Morgan fingerprint density at radius 1 is 1.30 bits per heavy atom. The van der Waals surface area contributed by atoms with Gasteiger partial charge in [-0.2, -0.15) is 0 Å². The van der Waals surface area contributed by atoms with Crippen molar-refractivity contribution in [2.75, 3.05) is 11.6 Å². The fourth-order valence-corrected chi connectivity index (χ4v) is 4.56. The summed E-state index contributed by atoms with van der Waals surface area (Å²) in [6, 6.07) is 7.20. The summed E-state index contributed by atoms with van der Waals surface area (Å²) in [7, 11) is 0. The van der Waals surface area contributed by atoms with Gasteiger partial charge in [-0.25, -0.2) is 4.98 Å². The number of fused-ring (bicyclic) bond motifs is 1. The van der Waals surface area contributed by atoms with Crippen molar-refractivity contribution >= 4 is 39.0 Å². The highest BCUT2D eigenvalue weighted by Crippen LogP contribution is 2.33. The van der Waals surface area contributed by atoms with Crippen molar-refractivity contribution < 1.29 is 0 Å². The fraction of sp³-hybridized carbons (Fsp3) is 0.562. The first-order valence-electron chi connectivity index (χ1n) is 7.37. The van der Waals surface area contributed by atoms with Gasteiger partial charge in [0.25, 0.3) is 0 Å². The van der Waals surface area contributed by atoms with Gasteiger partial charge in [-0.15, -0.1) is 11.3 Å². The summed E-state index contributed by atoms with van der Waals surface area (Å²) < 4.78 is 2.44. The smallest absolute Gasteiger partial charge is 0.150 e. The van der Waals surface area contributed by atoms with Crippen LogP contribution in [0.2, 0.25) is 0 Å². The number of anilines is 1. The van der Waals surface area contributed by atoms with Crippen molar-refractivity contribution in [2.45, 2.75) is 43.5 Å². The van der Waals surface area contributed by atoms with Crippen LogP contribution in [0.1, 0.15) is 33.1 Å². The van der Waals surface area contributed by atoms with Gasteiger partial charge >= 0.3 is 0 Å². The van der Waals surface area contributed by atoms with Crippen molar-refractivity contribution in [3.63, 3.8) is 0 Å². The molecule has 0 aliphatic heterocycles. The minimum atomic E-state index is 0.615. The molecule has 20 heavy (non-hydrogen) atoms. The SMILES string of the molecule is CSc1nc2ccc(NC3CC(C)CCC3C)cc2s1. The molecule has 1 aliphatic rings. The third-order valence-corrected chi connectivity index (χ3v) is 6.36. The van der Waals surface area contributed by atoms with E-state index in [1.807, 2.05) is 0 Å². The summed E-state index contributed by atoms with van der Waals surface area (Å²) in [5, 5.41) is 3.75. The van der Waals surface area contributed by atoms with E-state index in [1.165, 1.54) is 29.6 Å². The maximum atomic E-state index is 4.60. The van der Waals surface area contributed by atoms with Gasteiger partial charge in [-0.1, -0.05) is 32.0 Å². The van der Waals surface area contributed by atoms with Crippen molar-refractivity contribution in [1.82, 2.24) is 4.98 Å². The Morgan fingerprint density at radius 3 is 2.95 bits per heavy atom. The van der Waals surface area contributed by atoms with Crippen LogP contribution in [0.5, 0.6) is 0 Å². The first kappa shape index (κ1) is 14.2. The molecule has 1 aromatic carbocycles. The quantitative estimate of drug-likeness (QED) is 0.783. The molecule has 108 valence electrons. The molecule has 3 rings (SSSR count). The molecule has 1 heterocycles. The van der Waals surface area contributed by atoms with Crippen LogP contribution >= 0.6 is 23.1 Å². The molecule has 0 radical (unpaired) electrons. The number of thioether (sulfide) groups is 1. The lowest BCUT2D eigenvalue weighted by Gasteiger charge is -2.34. The van der Waals surface area contributed by atoms with Crippen LogP contribution in [0, 0.1) is 11.8 Å². The Hall–Kier alpha value is -0.740. The molecule has 3 atom stereocenters. The molecule has 2 nitrogen and oxygen atoms in total. The average Bonchev–Trinajstić information content (AvgIpc) is 2.85. The molecule has 1 fully saturated rings. The second kappa shape index (κ2) is 5.94. The van der Waals surface area contributed by atoms with E-state index in [2.05, 4.69) is 48.6 Å². The van der Waals surface area contributed by atoms with E-state index in [0.29, 0.717) is 6.04 Å². The molecule has 0 spiro atoms. The number of hydrogen-bond donors (Lipinski definition) is 1. The fourth-order valence-electron chi connectivity index (χ4n) is 3.03. The molecule has 4 heteroatoms. The highest BCUT2D eigenvalue weighted by molar-refractivity contribution is 8.00. The van der Waals surface area contributed by atoms with E-state index >= 15 is 0 Å². The van der Waals surface area contributed by atoms with Crippen LogP contribution in [0.4, 0.5) is 5.69 Å². The molecule has 0 saturated heterocycles. The van der Waals surface area contributed by atoms with Crippen LogP contribution in [-0.2, 0) is 0 Å². The third-order valence-electron chi connectivity index (χ3n) is 4.35. The number of aromatic nitrogens is 1. The van der Waals surface area contributed by atoms with Gasteiger partial charge in [-0.05, 0) is 49.1 Å². The maximum Gasteiger partial charge on any atom is 0.150 e. The van der Waals surface area contributed by atoms with Crippen LogP contribution < -0.4 is 5.32 Å². The Labute approximate surface area is 129 Å². The predicted molar refractivity (Wildman–Crippen MR) is 91.0 cm³/mol. The van der Waals surface area contributed by atoms with E-state index in [4.69, 9.17) is 0 Å². The lowest BCUT2D eigenvalue weighted by Crippen LogP contribution is -2.33. The van der Waals surface area contributed by atoms with Crippen LogP contribution in [0.25, 0.3) is 10.2 Å². The van der Waals surface area contributed by atoms with Gasteiger partial charge in [-0.3, -0.25) is 0 Å². The number of thiazole rings is 1. The van der Waals surface area contributed by atoms with E-state index in [0.717, 1.165) is 21.7 Å². The Balaban J connectivity index is 1.79. The summed E-state index contributed by atoms with van der Waals surface area (Å²) in [6.45, 7) is 4.75. The second-order valence-corrected chi connectivity index (χ2v) is 8.10. The summed E-state index contributed by atoms with van der Waals surface area (Å²) in [4.78, 5) is 4.60. The van der Waals surface area contributed by atoms with E-state index in [9.17, 15) is 0 Å². The summed E-state index contributed by atoms with van der Waals surface area (Å²) in [6.07, 6.45) is 6.10. The lowest BCUT2D eigenvalue weighted by molar-refractivity contribution is 0.281. The Morgan fingerprint density at radius 2 is 2.15 bits per heavy atom. The largest absolute Gasteiger partial charge is 0.382 e. The monoisotopic (exact) mass is 306 g/mol. The number of benzene rings is 1. The number of hydrogen-bond acceptors (Lipinski definition) is 4. The normalized spacial score (nSPS) is 26.9. The summed E-state index contributed by atoms with van der Waals surface area (Å²) >= 11 is 3.51. The summed E-state index contributed by atoms with van der Waals surface area (Å²) in [5.74, 6) is 1.61. The van der Waals surface area contributed by atoms with Gasteiger partial charge < -0.3 is 5.32 Å². The van der Waals surface area contributed by atoms with Crippen molar-refractivity contribution in [2.24, 2.45) is 11.8 Å². The van der Waals surface area contributed by atoms with Gasteiger partial charge in [0.2, 0.25) is 0 Å². The van der Waals surface area contributed by atoms with E-state index < -0.39 is 0 Å². The van der Waals surface area contributed by atoms with Gasteiger partial charge in [0.1, 0.15) is 0 Å². The van der Waals surface area contributed by atoms with E-state index in [1.54, 1.807) is 23.1 Å². The zero-order chi connectivity index (χ0) is 14.1. The maximum absolute atomic E-state index is 4.60. The van der Waals surface area contributed by atoms with Crippen LogP contribution in [0.3, 0.4) is 0 Å². The molecule has 1 saturated carbocycles. The number of nitrogens with one attached hydrogen (secondary N) is 1. The average molecular weight is 306 g/mol. The molecular weight excluding hydrogens is 284 g/mol. The van der Waals surface area contributed by atoms with E-state index in [-0.39, 0.29) is 0 Å². The lowest BCUT2D eigenvalue weighted by atomic mass is 9.80. The molecule has 0 amide bonds. The first-order valence-corrected chi connectivity index (χ1v) is 9.41. The predicted octanol–water partition coefficient (Wildman–Crippen LogP) is 5.25. The van der Waals surface area contributed by atoms with Crippen LogP contribution in [-0.4, -0.2) is 17.3 Å². The summed E-state index contributed by atoms with van der Waals surface area (Å²) in [5.41, 5.74) is 2.37.